The Morgan fingerprint density at radius 3 is 2.28 bits per heavy atom. The van der Waals surface area contributed by atoms with E-state index >= 15 is 0 Å². The molecule has 1 atom stereocenters. The van der Waals surface area contributed by atoms with Gasteiger partial charge in [-0.25, -0.2) is 0 Å². The third-order valence-electron chi connectivity index (χ3n) is 2.70. The van der Waals surface area contributed by atoms with Gasteiger partial charge in [-0.05, 0) is 5.56 Å². The molecule has 18 heavy (non-hydrogen) atoms. The molecule has 0 saturated heterocycles. The van der Waals surface area contributed by atoms with E-state index in [-0.39, 0.29) is 24.1 Å². The molecule has 0 aliphatic rings. The van der Waals surface area contributed by atoms with E-state index in [1.54, 1.807) is 26.2 Å². The Morgan fingerprint density at radius 2 is 1.78 bits per heavy atom. The van der Waals surface area contributed by atoms with Crippen molar-refractivity contribution in [3.05, 3.63) is 35.4 Å². The summed E-state index contributed by atoms with van der Waals surface area (Å²) in [7, 11) is 2.94. The zero-order chi connectivity index (χ0) is 13.5. The summed E-state index contributed by atoms with van der Waals surface area (Å²) in [5.74, 6) is -0.790. The number of esters is 1. The van der Waals surface area contributed by atoms with Crippen molar-refractivity contribution in [1.29, 1.82) is 0 Å². The highest BCUT2D eigenvalue weighted by Gasteiger charge is 2.18. The molecule has 0 N–H and O–H groups in total. The number of benzene rings is 1. The second-order valence-electron chi connectivity index (χ2n) is 4.18. The molecule has 0 aliphatic carbocycles. The molecule has 0 fully saturated rings. The van der Waals surface area contributed by atoms with Gasteiger partial charge in [0.25, 0.3) is 0 Å². The zero-order valence-corrected chi connectivity index (χ0v) is 10.9. The van der Waals surface area contributed by atoms with Crippen molar-refractivity contribution in [1.82, 2.24) is 0 Å². The van der Waals surface area contributed by atoms with Crippen molar-refractivity contribution in [2.24, 2.45) is 5.92 Å². The molecule has 0 amide bonds. The molecule has 1 rings (SSSR count). The standard InChI is InChI=1S/C14H18O4/c1-10(8-13(15)18-3)14(16)12-6-4-11(5-7-12)9-17-2/h4-7,10H,8-9H2,1-3H3. The van der Waals surface area contributed by atoms with Crippen molar-refractivity contribution in [3.63, 3.8) is 0 Å². The van der Waals surface area contributed by atoms with Crippen molar-refractivity contribution in [2.45, 2.75) is 20.0 Å². The van der Waals surface area contributed by atoms with Gasteiger partial charge in [0.05, 0.1) is 20.1 Å². The first-order chi connectivity index (χ1) is 8.58. The summed E-state index contributed by atoms with van der Waals surface area (Å²) < 4.78 is 9.55. The van der Waals surface area contributed by atoms with E-state index in [0.29, 0.717) is 12.2 Å². The predicted molar refractivity (Wildman–Crippen MR) is 67.3 cm³/mol. The van der Waals surface area contributed by atoms with E-state index in [0.717, 1.165) is 5.56 Å². The van der Waals surface area contributed by atoms with Crippen molar-refractivity contribution in [3.8, 4) is 0 Å². The summed E-state index contributed by atoms with van der Waals surface area (Å²) in [6.45, 7) is 2.24. The maximum atomic E-state index is 12.0. The van der Waals surface area contributed by atoms with E-state index < -0.39 is 0 Å². The predicted octanol–water partition coefficient (Wildman–Crippen LogP) is 2.21. The second kappa shape index (κ2) is 6.91. The quantitative estimate of drug-likeness (QED) is 0.574. The van der Waals surface area contributed by atoms with E-state index in [1.807, 2.05) is 12.1 Å². The second-order valence-corrected chi connectivity index (χ2v) is 4.18. The van der Waals surface area contributed by atoms with Gasteiger partial charge in [0, 0.05) is 18.6 Å². The van der Waals surface area contributed by atoms with Gasteiger partial charge in [-0.1, -0.05) is 31.2 Å². The summed E-state index contributed by atoms with van der Waals surface area (Å²) in [5, 5.41) is 0. The Kier molecular flexibility index (Phi) is 5.52. The number of ether oxygens (including phenoxy) is 2. The minimum atomic E-state index is -0.370. The molecular weight excluding hydrogens is 232 g/mol. The lowest BCUT2D eigenvalue weighted by Gasteiger charge is -2.09. The van der Waals surface area contributed by atoms with Gasteiger partial charge in [0.1, 0.15) is 0 Å². The Balaban J connectivity index is 2.68. The van der Waals surface area contributed by atoms with E-state index in [1.165, 1.54) is 7.11 Å². The highest BCUT2D eigenvalue weighted by atomic mass is 16.5. The lowest BCUT2D eigenvalue weighted by atomic mass is 9.96. The van der Waals surface area contributed by atoms with Crippen LogP contribution < -0.4 is 0 Å². The SMILES string of the molecule is COCc1ccc(C(=O)C(C)CC(=O)OC)cc1. The number of methoxy groups -OCH3 is 2. The molecule has 0 saturated carbocycles. The van der Waals surface area contributed by atoms with Crippen molar-refractivity contribution < 1.29 is 19.1 Å². The summed E-state index contributed by atoms with van der Waals surface area (Å²) >= 11 is 0. The van der Waals surface area contributed by atoms with Gasteiger partial charge in [-0.3, -0.25) is 9.59 Å². The van der Waals surface area contributed by atoms with E-state index in [4.69, 9.17) is 4.74 Å². The van der Waals surface area contributed by atoms with Crippen LogP contribution in [0.4, 0.5) is 0 Å². The van der Waals surface area contributed by atoms with Gasteiger partial charge in [-0.2, -0.15) is 0 Å². The Bertz CT molecular complexity index is 408. The van der Waals surface area contributed by atoms with E-state index in [9.17, 15) is 9.59 Å². The summed E-state index contributed by atoms with van der Waals surface area (Å²) in [6.07, 6.45) is 0.106. The number of Topliss-reactive ketones (excluding diaryl/α,β-unsaturated/α-hetero) is 1. The molecule has 0 aromatic heterocycles. The number of hydrogen-bond donors (Lipinski definition) is 0. The lowest BCUT2D eigenvalue weighted by Crippen LogP contribution is -2.16. The molecule has 4 nitrogen and oxygen atoms in total. The lowest BCUT2D eigenvalue weighted by molar-refractivity contribution is -0.141. The van der Waals surface area contributed by atoms with Gasteiger partial charge in [0.2, 0.25) is 0 Å². The molecule has 0 heterocycles. The first-order valence-corrected chi connectivity index (χ1v) is 5.77. The van der Waals surface area contributed by atoms with Crippen LogP contribution in [0.15, 0.2) is 24.3 Å². The molecular formula is C14H18O4. The van der Waals surface area contributed by atoms with Crippen LogP contribution in [0.5, 0.6) is 0 Å². The van der Waals surface area contributed by atoms with Crippen LogP contribution in [0, 0.1) is 5.92 Å². The minimum absolute atomic E-state index is 0.0515. The van der Waals surface area contributed by atoms with Crippen LogP contribution in [-0.2, 0) is 20.9 Å². The fourth-order valence-corrected chi connectivity index (χ4v) is 1.64. The maximum absolute atomic E-state index is 12.0. The molecule has 0 bridgehead atoms. The summed E-state index contributed by atoms with van der Waals surface area (Å²) in [6, 6.07) is 7.21. The van der Waals surface area contributed by atoms with Crippen molar-refractivity contribution >= 4 is 11.8 Å². The smallest absolute Gasteiger partial charge is 0.306 e. The molecule has 0 radical (unpaired) electrons. The topological polar surface area (TPSA) is 52.6 Å². The van der Waals surface area contributed by atoms with Gasteiger partial charge in [-0.15, -0.1) is 0 Å². The first-order valence-electron chi connectivity index (χ1n) is 5.77. The normalized spacial score (nSPS) is 11.9. The monoisotopic (exact) mass is 250 g/mol. The number of carbonyl (C=O) groups excluding carboxylic acids is 2. The fourth-order valence-electron chi connectivity index (χ4n) is 1.64. The average Bonchev–Trinajstić information content (AvgIpc) is 2.39. The number of carbonyl (C=O) groups is 2. The molecule has 1 aromatic rings. The van der Waals surface area contributed by atoms with Crippen LogP contribution in [0.1, 0.15) is 29.3 Å². The molecule has 0 spiro atoms. The Hall–Kier alpha value is -1.68. The van der Waals surface area contributed by atoms with Crippen LogP contribution >= 0.6 is 0 Å². The number of rotatable bonds is 6. The third-order valence-corrected chi connectivity index (χ3v) is 2.70. The minimum Gasteiger partial charge on any atom is -0.469 e. The maximum Gasteiger partial charge on any atom is 0.306 e. The van der Waals surface area contributed by atoms with Crippen LogP contribution in [0.2, 0.25) is 0 Å². The summed E-state index contributed by atoms with van der Waals surface area (Å²) in [5.41, 5.74) is 1.61. The third kappa shape index (κ3) is 3.96. The van der Waals surface area contributed by atoms with Gasteiger partial charge < -0.3 is 9.47 Å². The molecule has 1 aromatic carbocycles. The van der Waals surface area contributed by atoms with E-state index in [2.05, 4.69) is 4.74 Å². The highest BCUT2D eigenvalue weighted by Crippen LogP contribution is 2.14. The summed E-state index contributed by atoms with van der Waals surface area (Å²) in [4.78, 5) is 23.1. The van der Waals surface area contributed by atoms with Crippen LogP contribution in [0.3, 0.4) is 0 Å². The molecule has 98 valence electrons. The largest absolute Gasteiger partial charge is 0.469 e. The molecule has 0 aliphatic heterocycles. The number of hydrogen-bond acceptors (Lipinski definition) is 4. The average molecular weight is 250 g/mol. The first kappa shape index (κ1) is 14.4. The molecule has 1 unspecified atom stereocenters. The number of ketones is 1. The van der Waals surface area contributed by atoms with Crippen LogP contribution in [-0.4, -0.2) is 26.0 Å². The zero-order valence-electron chi connectivity index (χ0n) is 10.9. The Morgan fingerprint density at radius 1 is 1.17 bits per heavy atom. The van der Waals surface area contributed by atoms with Gasteiger partial charge in [0.15, 0.2) is 5.78 Å². The molecule has 4 heteroatoms. The Labute approximate surface area is 107 Å². The fraction of sp³-hybridized carbons (Fsp3) is 0.429. The highest BCUT2D eigenvalue weighted by molar-refractivity contribution is 5.99. The van der Waals surface area contributed by atoms with Crippen molar-refractivity contribution in [2.75, 3.05) is 14.2 Å². The van der Waals surface area contributed by atoms with Crippen LogP contribution in [0.25, 0.3) is 0 Å². The van der Waals surface area contributed by atoms with Gasteiger partial charge >= 0.3 is 5.97 Å².